The monoisotopic (exact) mass is 367 g/mol. The summed E-state index contributed by atoms with van der Waals surface area (Å²) in [6, 6.07) is 27.2. The molecule has 5 nitrogen and oxygen atoms in total. The van der Waals surface area contributed by atoms with Gasteiger partial charge in [0.15, 0.2) is 5.78 Å². The zero-order chi connectivity index (χ0) is 19.3. The molecule has 0 bridgehead atoms. The molecule has 0 saturated carbocycles. The molecule has 0 aliphatic carbocycles. The first-order chi connectivity index (χ1) is 13.7. The van der Waals surface area contributed by atoms with Gasteiger partial charge in [0, 0.05) is 16.7 Å². The molecule has 0 aliphatic heterocycles. The highest BCUT2D eigenvalue weighted by molar-refractivity contribution is 6.15. The van der Waals surface area contributed by atoms with Crippen molar-refractivity contribution in [1.29, 1.82) is 0 Å². The van der Waals surface area contributed by atoms with Crippen molar-refractivity contribution in [2.45, 2.75) is 0 Å². The van der Waals surface area contributed by atoms with Gasteiger partial charge in [0.2, 0.25) is 0 Å². The van der Waals surface area contributed by atoms with Gasteiger partial charge in [-0.2, -0.15) is 5.10 Å². The molecule has 4 aromatic rings. The molecule has 0 radical (unpaired) electrons. The second-order valence-corrected chi connectivity index (χ2v) is 6.23. The van der Waals surface area contributed by atoms with Crippen LogP contribution in [0.15, 0.2) is 91.0 Å². The molecule has 28 heavy (non-hydrogen) atoms. The molecule has 0 fully saturated rings. The van der Waals surface area contributed by atoms with Crippen molar-refractivity contribution < 1.29 is 9.59 Å². The van der Waals surface area contributed by atoms with E-state index >= 15 is 0 Å². The number of aromatic amines is 1. The van der Waals surface area contributed by atoms with Crippen LogP contribution >= 0.6 is 0 Å². The van der Waals surface area contributed by atoms with Crippen molar-refractivity contribution in [3.05, 3.63) is 108 Å². The molecule has 1 heterocycles. The lowest BCUT2D eigenvalue weighted by molar-refractivity contribution is 0.102. The second-order valence-electron chi connectivity index (χ2n) is 6.23. The van der Waals surface area contributed by atoms with Crippen molar-refractivity contribution in [1.82, 2.24) is 10.2 Å². The van der Waals surface area contributed by atoms with E-state index < -0.39 is 0 Å². The highest BCUT2D eigenvalue weighted by Gasteiger charge is 2.17. The molecule has 5 heteroatoms. The standard InChI is InChI=1S/C23H17N3O2/c27-22(17-11-5-2-6-12-17)18-13-7-8-14-19(18)24-23(28)21-15-20(25-26-21)16-9-3-1-4-10-16/h1-15H,(H,24,28)(H,25,26). The van der Waals surface area contributed by atoms with E-state index in [1.54, 1.807) is 42.5 Å². The minimum absolute atomic E-state index is 0.147. The predicted octanol–water partition coefficient (Wildman–Crippen LogP) is 4.56. The number of benzene rings is 3. The Labute approximate surface area is 162 Å². The van der Waals surface area contributed by atoms with E-state index in [0.29, 0.717) is 28.2 Å². The van der Waals surface area contributed by atoms with E-state index in [0.717, 1.165) is 5.56 Å². The molecule has 0 atom stereocenters. The number of H-pyrrole nitrogens is 1. The van der Waals surface area contributed by atoms with Gasteiger partial charge < -0.3 is 5.32 Å². The van der Waals surface area contributed by atoms with Gasteiger partial charge in [-0.1, -0.05) is 72.8 Å². The number of anilines is 1. The Morgan fingerprint density at radius 2 is 1.43 bits per heavy atom. The summed E-state index contributed by atoms with van der Waals surface area (Å²) in [5.74, 6) is -0.505. The molecule has 1 amide bonds. The fraction of sp³-hybridized carbons (Fsp3) is 0. The Balaban J connectivity index is 1.58. The van der Waals surface area contributed by atoms with Gasteiger partial charge in [0.1, 0.15) is 5.69 Å². The number of carbonyl (C=O) groups is 2. The van der Waals surface area contributed by atoms with Crippen LogP contribution in [0, 0.1) is 0 Å². The average molecular weight is 367 g/mol. The summed E-state index contributed by atoms with van der Waals surface area (Å²) >= 11 is 0. The fourth-order valence-electron chi connectivity index (χ4n) is 2.92. The van der Waals surface area contributed by atoms with Crippen LogP contribution in [0.2, 0.25) is 0 Å². The first-order valence-corrected chi connectivity index (χ1v) is 8.83. The van der Waals surface area contributed by atoms with Gasteiger partial charge >= 0.3 is 0 Å². The summed E-state index contributed by atoms with van der Waals surface area (Å²) in [6.07, 6.45) is 0. The number of para-hydroxylation sites is 1. The van der Waals surface area contributed by atoms with Crippen LogP contribution in [0.3, 0.4) is 0 Å². The molecule has 136 valence electrons. The highest BCUT2D eigenvalue weighted by atomic mass is 16.2. The number of hydrogen-bond donors (Lipinski definition) is 2. The SMILES string of the molecule is O=C(Nc1ccccc1C(=O)c1ccccc1)c1cc(-c2ccccc2)n[nH]1. The van der Waals surface area contributed by atoms with Crippen molar-refractivity contribution in [3.63, 3.8) is 0 Å². The summed E-state index contributed by atoms with van der Waals surface area (Å²) in [5.41, 5.74) is 3.37. The minimum atomic E-state index is -0.358. The molecule has 0 aliphatic rings. The van der Waals surface area contributed by atoms with Crippen LogP contribution < -0.4 is 5.32 Å². The summed E-state index contributed by atoms with van der Waals surface area (Å²) in [7, 11) is 0. The maximum absolute atomic E-state index is 12.8. The summed E-state index contributed by atoms with van der Waals surface area (Å²) in [5, 5.41) is 9.77. The maximum atomic E-state index is 12.8. The Morgan fingerprint density at radius 1 is 0.786 bits per heavy atom. The lowest BCUT2D eigenvalue weighted by atomic mass is 10.0. The van der Waals surface area contributed by atoms with E-state index in [2.05, 4.69) is 15.5 Å². The zero-order valence-corrected chi connectivity index (χ0v) is 14.9. The van der Waals surface area contributed by atoms with Crippen molar-refractivity contribution in [2.24, 2.45) is 0 Å². The highest BCUT2D eigenvalue weighted by Crippen LogP contribution is 2.21. The third-order valence-electron chi connectivity index (χ3n) is 4.35. The number of aromatic nitrogens is 2. The van der Waals surface area contributed by atoms with Gasteiger partial charge in [0.25, 0.3) is 5.91 Å². The Hall–Kier alpha value is -3.99. The normalized spacial score (nSPS) is 10.4. The van der Waals surface area contributed by atoms with Crippen LogP contribution in [0.1, 0.15) is 26.4 Å². The largest absolute Gasteiger partial charge is 0.320 e. The lowest BCUT2D eigenvalue weighted by Gasteiger charge is -2.09. The molecule has 0 spiro atoms. The number of amides is 1. The smallest absolute Gasteiger partial charge is 0.273 e. The number of nitrogens with zero attached hydrogens (tertiary/aromatic N) is 1. The molecule has 4 rings (SSSR count). The Bertz CT molecular complexity index is 1120. The molecule has 1 aromatic heterocycles. The summed E-state index contributed by atoms with van der Waals surface area (Å²) in [4.78, 5) is 25.5. The average Bonchev–Trinajstić information content (AvgIpc) is 3.25. The Morgan fingerprint density at radius 3 is 2.18 bits per heavy atom. The van der Waals surface area contributed by atoms with Gasteiger partial charge in [-0.15, -0.1) is 0 Å². The van der Waals surface area contributed by atoms with Crippen LogP contribution in [-0.4, -0.2) is 21.9 Å². The number of nitrogens with one attached hydrogen (secondary N) is 2. The molecule has 3 aromatic carbocycles. The van der Waals surface area contributed by atoms with Gasteiger partial charge in [-0.25, -0.2) is 0 Å². The third-order valence-corrected chi connectivity index (χ3v) is 4.35. The summed E-state index contributed by atoms with van der Waals surface area (Å²) < 4.78 is 0. The van der Waals surface area contributed by atoms with Gasteiger partial charge in [-0.05, 0) is 18.2 Å². The van der Waals surface area contributed by atoms with E-state index in [1.807, 2.05) is 48.5 Å². The van der Waals surface area contributed by atoms with Crippen LogP contribution in [-0.2, 0) is 0 Å². The van der Waals surface area contributed by atoms with Crippen molar-refractivity contribution >= 4 is 17.4 Å². The van der Waals surface area contributed by atoms with Crippen LogP contribution in [0.5, 0.6) is 0 Å². The summed E-state index contributed by atoms with van der Waals surface area (Å²) in [6.45, 7) is 0. The zero-order valence-electron chi connectivity index (χ0n) is 14.9. The van der Waals surface area contributed by atoms with Crippen molar-refractivity contribution in [3.8, 4) is 11.3 Å². The second kappa shape index (κ2) is 7.72. The molecule has 2 N–H and O–H groups in total. The number of hydrogen-bond acceptors (Lipinski definition) is 3. The number of ketones is 1. The first-order valence-electron chi connectivity index (χ1n) is 8.83. The maximum Gasteiger partial charge on any atom is 0.273 e. The topological polar surface area (TPSA) is 74.8 Å². The fourth-order valence-corrected chi connectivity index (χ4v) is 2.92. The third kappa shape index (κ3) is 3.59. The van der Waals surface area contributed by atoms with Crippen LogP contribution in [0.4, 0.5) is 5.69 Å². The van der Waals surface area contributed by atoms with Crippen LogP contribution in [0.25, 0.3) is 11.3 Å². The molecular weight excluding hydrogens is 350 g/mol. The quantitative estimate of drug-likeness (QED) is 0.508. The Kier molecular flexibility index (Phi) is 4.80. The predicted molar refractivity (Wildman–Crippen MR) is 108 cm³/mol. The molecule has 0 unspecified atom stereocenters. The molecule has 0 saturated heterocycles. The van der Waals surface area contributed by atoms with E-state index in [4.69, 9.17) is 0 Å². The van der Waals surface area contributed by atoms with E-state index in [9.17, 15) is 9.59 Å². The lowest BCUT2D eigenvalue weighted by Crippen LogP contribution is -2.15. The van der Waals surface area contributed by atoms with E-state index in [-0.39, 0.29) is 11.7 Å². The van der Waals surface area contributed by atoms with Crippen molar-refractivity contribution in [2.75, 3.05) is 5.32 Å². The van der Waals surface area contributed by atoms with Gasteiger partial charge in [-0.3, -0.25) is 14.7 Å². The van der Waals surface area contributed by atoms with E-state index in [1.165, 1.54) is 0 Å². The number of rotatable bonds is 5. The first kappa shape index (κ1) is 17.4. The molecular formula is C23H17N3O2. The number of carbonyl (C=O) groups excluding carboxylic acids is 2. The minimum Gasteiger partial charge on any atom is -0.320 e. The van der Waals surface area contributed by atoms with Gasteiger partial charge in [0.05, 0.1) is 11.4 Å².